The van der Waals surface area contributed by atoms with Crippen molar-refractivity contribution < 1.29 is 8.42 Å². The number of hydrogen-bond acceptors (Lipinski definition) is 4. The molecule has 0 bridgehead atoms. The van der Waals surface area contributed by atoms with Crippen LogP contribution < -0.4 is 5.32 Å². The lowest BCUT2D eigenvalue weighted by molar-refractivity contribution is 0.513. The summed E-state index contributed by atoms with van der Waals surface area (Å²) in [4.78, 5) is 1.30. The van der Waals surface area contributed by atoms with Crippen LogP contribution in [0.1, 0.15) is 10.4 Å². The van der Waals surface area contributed by atoms with Gasteiger partial charge in [-0.1, -0.05) is 0 Å². The van der Waals surface area contributed by atoms with E-state index in [2.05, 4.69) is 23.7 Å². The average Bonchev–Trinajstić information content (AvgIpc) is 2.44. The zero-order valence-electron chi connectivity index (χ0n) is 7.99. The summed E-state index contributed by atoms with van der Waals surface area (Å²) in [5.74, 6) is 0.606. The molecule has 0 spiro atoms. The SMILES string of the molecule is Cc1ccsc1CNC1CS(=O)(=O)C1. The van der Waals surface area contributed by atoms with E-state index in [0.717, 1.165) is 6.54 Å². The van der Waals surface area contributed by atoms with E-state index in [0.29, 0.717) is 11.5 Å². The molecule has 1 aromatic rings. The molecule has 2 heterocycles. The van der Waals surface area contributed by atoms with Crippen molar-refractivity contribution >= 4 is 21.2 Å². The molecule has 1 aliphatic rings. The van der Waals surface area contributed by atoms with Crippen LogP contribution in [-0.4, -0.2) is 26.0 Å². The largest absolute Gasteiger partial charge is 0.307 e. The van der Waals surface area contributed by atoms with Crippen LogP contribution in [-0.2, 0) is 16.4 Å². The molecule has 2 rings (SSSR count). The quantitative estimate of drug-likeness (QED) is 0.842. The van der Waals surface area contributed by atoms with Crippen molar-refractivity contribution in [1.82, 2.24) is 5.32 Å². The monoisotopic (exact) mass is 231 g/mol. The van der Waals surface area contributed by atoms with Crippen LogP contribution in [0.2, 0.25) is 0 Å². The van der Waals surface area contributed by atoms with Crippen molar-refractivity contribution in [2.45, 2.75) is 19.5 Å². The van der Waals surface area contributed by atoms with E-state index in [4.69, 9.17) is 0 Å². The predicted molar refractivity (Wildman–Crippen MR) is 58.3 cm³/mol. The molecule has 0 atom stereocenters. The van der Waals surface area contributed by atoms with Crippen LogP contribution in [0, 0.1) is 6.92 Å². The summed E-state index contributed by atoms with van der Waals surface area (Å²) in [6.45, 7) is 2.87. The van der Waals surface area contributed by atoms with Gasteiger partial charge in [0, 0.05) is 17.5 Å². The molecule has 1 N–H and O–H groups in total. The van der Waals surface area contributed by atoms with Crippen molar-refractivity contribution in [3.05, 3.63) is 21.9 Å². The maximum absolute atomic E-state index is 10.9. The van der Waals surface area contributed by atoms with Gasteiger partial charge in [0.2, 0.25) is 0 Å². The summed E-state index contributed by atoms with van der Waals surface area (Å²) in [6, 6.07) is 2.25. The van der Waals surface area contributed by atoms with Gasteiger partial charge < -0.3 is 5.32 Å². The Balaban J connectivity index is 1.82. The minimum Gasteiger partial charge on any atom is -0.307 e. The van der Waals surface area contributed by atoms with Crippen LogP contribution in [0.4, 0.5) is 0 Å². The first kappa shape index (κ1) is 10.1. The summed E-state index contributed by atoms with van der Waals surface area (Å²) in [5.41, 5.74) is 1.28. The van der Waals surface area contributed by atoms with Crippen molar-refractivity contribution in [2.75, 3.05) is 11.5 Å². The van der Waals surface area contributed by atoms with Gasteiger partial charge in [0.1, 0.15) is 0 Å². The lowest BCUT2D eigenvalue weighted by Gasteiger charge is -2.26. The number of rotatable bonds is 3. The molecule has 0 aliphatic carbocycles. The molecule has 78 valence electrons. The Kier molecular flexibility index (Phi) is 2.64. The molecule has 1 saturated heterocycles. The van der Waals surface area contributed by atoms with Gasteiger partial charge in [-0.2, -0.15) is 0 Å². The summed E-state index contributed by atoms with van der Waals surface area (Å²) >= 11 is 1.71. The summed E-state index contributed by atoms with van der Waals surface area (Å²) in [5, 5.41) is 5.31. The smallest absolute Gasteiger partial charge is 0.153 e. The molecule has 0 unspecified atom stereocenters. The van der Waals surface area contributed by atoms with Gasteiger partial charge in [-0.15, -0.1) is 11.3 Å². The van der Waals surface area contributed by atoms with Gasteiger partial charge in [0.15, 0.2) is 9.84 Å². The molecule has 1 aliphatic heterocycles. The van der Waals surface area contributed by atoms with E-state index in [1.807, 2.05) is 0 Å². The van der Waals surface area contributed by atoms with Gasteiger partial charge in [0.25, 0.3) is 0 Å². The summed E-state index contributed by atoms with van der Waals surface area (Å²) < 4.78 is 21.8. The second-order valence-corrected chi connectivity index (χ2v) is 6.84. The Morgan fingerprint density at radius 3 is 2.79 bits per heavy atom. The molecule has 5 heteroatoms. The summed E-state index contributed by atoms with van der Waals surface area (Å²) in [7, 11) is -2.69. The molecule has 14 heavy (non-hydrogen) atoms. The predicted octanol–water partition coefficient (Wildman–Crippen LogP) is 0.943. The third-order valence-corrected chi connectivity index (χ3v) is 5.27. The van der Waals surface area contributed by atoms with Gasteiger partial charge in [-0.25, -0.2) is 8.42 Å². The molecule has 3 nitrogen and oxygen atoms in total. The van der Waals surface area contributed by atoms with Gasteiger partial charge >= 0.3 is 0 Å². The van der Waals surface area contributed by atoms with Crippen LogP contribution in [0.5, 0.6) is 0 Å². The Hall–Kier alpha value is -0.390. The van der Waals surface area contributed by atoms with Crippen LogP contribution >= 0.6 is 11.3 Å². The van der Waals surface area contributed by atoms with Crippen molar-refractivity contribution in [3.8, 4) is 0 Å². The molecule has 0 radical (unpaired) electrons. The fourth-order valence-electron chi connectivity index (χ4n) is 1.50. The molecule has 0 amide bonds. The van der Waals surface area contributed by atoms with Crippen LogP contribution in [0.15, 0.2) is 11.4 Å². The highest BCUT2D eigenvalue weighted by Crippen LogP contribution is 2.17. The summed E-state index contributed by atoms with van der Waals surface area (Å²) in [6.07, 6.45) is 0. The first-order chi connectivity index (χ1) is 6.57. The van der Waals surface area contributed by atoms with E-state index in [-0.39, 0.29) is 6.04 Å². The van der Waals surface area contributed by atoms with Gasteiger partial charge in [-0.05, 0) is 23.9 Å². The highest BCUT2D eigenvalue weighted by atomic mass is 32.2. The molecular formula is C9H13NO2S2. The van der Waals surface area contributed by atoms with Crippen LogP contribution in [0.25, 0.3) is 0 Å². The lowest BCUT2D eigenvalue weighted by atomic mass is 10.3. The number of sulfone groups is 1. The topological polar surface area (TPSA) is 46.2 Å². The Morgan fingerprint density at radius 2 is 2.29 bits per heavy atom. The van der Waals surface area contributed by atoms with Gasteiger partial charge in [-0.3, -0.25) is 0 Å². The number of nitrogens with one attached hydrogen (secondary N) is 1. The molecule has 0 saturated carbocycles. The zero-order valence-corrected chi connectivity index (χ0v) is 9.62. The van der Waals surface area contributed by atoms with Crippen molar-refractivity contribution in [2.24, 2.45) is 0 Å². The van der Waals surface area contributed by atoms with Gasteiger partial charge in [0.05, 0.1) is 11.5 Å². The fraction of sp³-hybridized carbons (Fsp3) is 0.556. The van der Waals surface area contributed by atoms with E-state index < -0.39 is 9.84 Å². The highest BCUT2D eigenvalue weighted by Gasteiger charge is 2.32. The third kappa shape index (κ3) is 2.16. The Morgan fingerprint density at radius 1 is 1.57 bits per heavy atom. The van der Waals surface area contributed by atoms with E-state index in [1.165, 1.54) is 10.4 Å². The van der Waals surface area contributed by atoms with E-state index >= 15 is 0 Å². The first-order valence-corrected chi connectivity index (χ1v) is 7.24. The molecule has 1 fully saturated rings. The Bertz CT molecular complexity index is 410. The third-order valence-electron chi connectivity index (χ3n) is 2.43. The molecule has 0 aromatic carbocycles. The maximum Gasteiger partial charge on any atom is 0.153 e. The molecule has 1 aromatic heterocycles. The first-order valence-electron chi connectivity index (χ1n) is 4.53. The lowest BCUT2D eigenvalue weighted by Crippen LogP contribution is -2.50. The highest BCUT2D eigenvalue weighted by molar-refractivity contribution is 7.92. The van der Waals surface area contributed by atoms with E-state index in [9.17, 15) is 8.42 Å². The van der Waals surface area contributed by atoms with Crippen molar-refractivity contribution in [1.29, 1.82) is 0 Å². The number of hydrogen-bond donors (Lipinski definition) is 1. The molecular weight excluding hydrogens is 218 g/mol. The normalized spacial score (nSPS) is 20.6. The van der Waals surface area contributed by atoms with Crippen molar-refractivity contribution in [3.63, 3.8) is 0 Å². The number of aryl methyl sites for hydroxylation is 1. The minimum absolute atomic E-state index is 0.168. The Labute approximate surface area is 88.1 Å². The number of thiophene rings is 1. The minimum atomic E-state index is -2.69. The van der Waals surface area contributed by atoms with Crippen LogP contribution in [0.3, 0.4) is 0 Å². The maximum atomic E-state index is 10.9. The zero-order chi connectivity index (χ0) is 10.2. The second kappa shape index (κ2) is 3.64. The fourth-order valence-corrected chi connectivity index (χ4v) is 3.73. The van der Waals surface area contributed by atoms with E-state index in [1.54, 1.807) is 11.3 Å². The average molecular weight is 231 g/mol. The standard InChI is InChI=1S/C9H13NO2S2/c1-7-2-3-13-9(7)4-10-8-5-14(11,12)6-8/h2-3,8,10H,4-6H2,1H3. The second-order valence-electron chi connectivity index (χ2n) is 3.68.